The van der Waals surface area contributed by atoms with Crippen molar-refractivity contribution in [2.24, 2.45) is 0 Å². The number of hydrogen-bond acceptors (Lipinski definition) is 3. The lowest BCUT2D eigenvalue weighted by Crippen LogP contribution is -2.39. The molecule has 1 aromatic heterocycles. The molecule has 1 aliphatic heterocycles. The van der Waals surface area contributed by atoms with E-state index in [1.165, 1.54) is 0 Å². The van der Waals surface area contributed by atoms with Crippen LogP contribution in [0.15, 0.2) is 39.8 Å². The number of nitrogens with one attached hydrogen (secondary N) is 1. The van der Waals surface area contributed by atoms with Gasteiger partial charge in [-0.1, -0.05) is 15.9 Å². The standard InChI is InChI=1S/C16H16BrN3OS/c1-10-9-11(2)18-15-14(10)20(7-8-22-15)16(21)19-13-5-3-12(17)4-6-13/h3-6,9H,7-8H2,1-2H3,(H,19,21). The molecule has 0 spiro atoms. The van der Waals surface area contributed by atoms with Crippen LogP contribution >= 0.6 is 27.7 Å². The average molecular weight is 378 g/mol. The van der Waals surface area contributed by atoms with Gasteiger partial charge in [0.2, 0.25) is 0 Å². The van der Waals surface area contributed by atoms with Crippen LogP contribution < -0.4 is 10.2 Å². The summed E-state index contributed by atoms with van der Waals surface area (Å²) in [7, 11) is 0. The van der Waals surface area contributed by atoms with Crippen LogP contribution in [0.3, 0.4) is 0 Å². The molecular formula is C16H16BrN3OS. The Labute approximate surface area is 142 Å². The first-order chi connectivity index (χ1) is 10.5. The van der Waals surface area contributed by atoms with Crippen molar-refractivity contribution in [2.75, 3.05) is 22.5 Å². The van der Waals surface area contributed by atoms with Gasteiger partial charge in [-0.15, -0.1) is 11.8 Å². The minimum absolute atomic E-state index is 0.113. The SMILES string of the molecule is Cc1cc(C)c2c(n1)SCCN2C(=O)Nc1ccc(Br)cc1. The van der Waals surface area contributed by atoms with E-state index in [2.05, 4.69) is 26.2 Å². The molecule has 0 saturated carbocycles. The summed E-state index contributed by atoms with van der Waals surface area (Å²) in [6.45, 7) is 4.69. The minimum Gasteiger partial charge on any atom is -0.308 e. The number of aromatic nitrogens is 1. The zero-order chi connectivity index (χ0) is 15.7. The molecule has 0 atom stereocenters. The molecule has 0 fully saturated rings. The maximum Gasteiger partial charge on any atom is 0.326 e. The highest BCUT2D eigenvalue weighted by atomic mass is 79.9. The molecule has 0 radical (unpaired) electrons. The highest BCUT2D eigenvalue weighted by molar-refractivity contribution is 9.10. The molecule has 2 amide bonds. The van der Waals surface area contributed by atoms with Gasteiger partial charge in [0.15, 0.2) is 0 Å². The molecule has 0 saturated heterocycles. The van der Waals surface area contributed by atoms with Crippen molar-refractivity contribution >= 4 is 45.1 Å². The number of benzene rings is 1. The summed E-state index contributed by atoms with van der Waals surface area (Å²) in [5.74, 6) is 0.858. The Kier molecular flexibility index (Phi) is 4.40. The van der Waals surface area contributed by atoms with Crippen LogP contribution in [-0.4, -0.2) is 23.3 Å². The van der Waals surface area contributed by atoms with Crippen LogP contribution in [0.25, 0.3) is 0 Å². The summed E-state index contributed by atoms with van der Waals surface area (Å²) in [6, 6.07) is 9.48. The van der Waals surface area contributed by atoms with Crippen molar-refractivity contribution in [2.45, 2.75) is 18.9 Å². The molecule has 6 heteroatoms. The molecule has 0 aliphatic carbocycles. The van der Waals surface area contributed by atoms with Crippen LogP contribution in [0.2, 0.25) is 0 Å². The van der Waals surface area contributed by atoms with E-state index in [-0.39, 0.29) is 6.03 Å². The van der Waals surface area contributed by atoms with Crippen LogP contribution in [-0.2, 0) is 0 Å². The van der Waals surface area contributed by atoms with Gasteiger partial charge < -0.3 is 5.32 Å². The normalized spacial score (nSPS) is 13.7. The molecule has 2 heterocycles. The largest absolute Gasteiger partial charge is 0.326 e. The van der Waals surface area contributed by atoms with Gasteiger partial charge in [0.05, 0.1) is 5.69 Å². The number of fused-ring (bicyclic) bond motifs is 1. The summed E-state index contributed by atoms with van der Waals surface area (Å²) in [5.41, 5.74) is 3.78. The highest BCUT2D eigenvalue weighted by Gasteiger charge is 2.26. The van der Waals surface area contributed by atoms with Gasteiger partial charge in [0.1, 0.15) is 5.03 Å². The molecule has 3 rings (SSSR count). The second-order valence-corrected chi connectivity index (χ2v) is 7.17. The highest BCUT2D eigenvalue weighted by Crippen LogP contribution is 2.36. The predicted molar refractivity (Wildman–Crippen MR) is 94.9 cm³/mol. The number of aryl methyl sites for hydroxylation is 2. The summed E-state index contributed by atoms with van der Waals surface area (Å²) in [4.78, 5) is 19.0. The van der Waals surface area contributed by atoms with Gasteiger partial charge in [0.25, 0.3) is 0 Å². The van der Waals surface area contributed by atoms with E-state index in [0.29, 0.717) is 6.54 Å². The Hall–Kier alpha value is -1.53. The van der Waals surface area contributed by atoms with Gasteiger partial charge in [-0.05, 0) is 49.7 Å². The molecule has 1 aliphatic rings. The van der Waals surface area contributed by atoms with Crippen molar-refractivity contribution < 1.29 is 4.79 Å². The first kappa shape index (κ1) is 15.4. The van der Waals surface area contributed by atoms with E-state index in [4.69, 9.17) is 0 Å². The Morgan fingerprint density at radius 2 is 2.05 bits per heavy atom. The van der Waals surface area contributed by atoms with Crippen molar-refractivity contribution in [3.8, 4) is 0 Å². The Bertz CT molecular complexity index is 718. The molecule has 22 heavy (non-hydrogen) atoms. The summed E-state index contributed by atoms with van der Waals surface area (Å²) in [5, 5.41) is 3.89. The number of carbonyl (C=O) groups is 1. The fourth-order valence-corrected chi connectivity index (χ4v) is 3.85. The Morgan fingerprint density at radius 3 is 2.77 bits per heavy atom. The van der Waals surface area contributed by atoms with Gasteiger partial charge >= 0.3 is 6.03 Å². The lowest BCUT2D eigenvalue weighted by Gasteiger charge is -2.30. The van der Waals surface area contributed by atoms with Crippen molar-refractivity contribution in [3.63, 3.8) is 0 Å². The number of hydrogen-bond donors (Lipinski definition) is 1. The number of anilines is 2. The number of halogens is 1. The van der Waals surface area contributed by atoms with Crippen LogP contribution in [0.4, 0.5) is 16.2 Å². The smallest absolute Gasteiger partial charge is 0.308 e. The Balaban J connectivity index is 1.87. The maximum atomic E-state index is 12.6. The van der Waals surface area contributed by atoms with Crippen molar-refractivity contribution in [1.29, 1.82) is 0 Å². The third kappa shape index (κ3) is 3.13. The molecule has 1 N–H and O–H groups in total. The van der Waals surface area contributed by atoms with E-state index in [0.717, 1.165) is 37.9 Å². The molecule has 1 aromatic carbocycles. The minimum atomic E-state index is -0.113. The Morgan fingerprint density at radius 1 is 1.32 bits per heavy atom. The topological polar surface area (TPSA) is 45.2 Å². The number of amides is 2. The van der Waals surface area contributed by atoms with Gasteiger partial charge in [-0.2, -0.15) is 0 Å². The van der Waals surface area contributed by atoms with Crippen LogP contribution in [0.1, 0.15) is 11.3 Å². The second kappa shape index (κ2) is 6.30. The number of rotatable bonds is 1. The lowest BCUT2D eigenvalue weighted by atomic mass is 10.2. The summed E-state index contributed by atoms with van der Waals surface area (Å²) < 4.78 is 0.987. The van der Waals surface area contributed by atoms with E-state index in [1.807, 2.05) is 44.2 Å². The molecule has 2 aromatic rings. The average Bonchev–Trinajstić information content (AvgIpc) is 2.48. The van der Waals surface area contributed by atoms with Crippen LogP contribution in [0, 0.1) is 13.8 Å². The molecule has 4 nitrogen and oxygen atoms in total. The third-order valence-corrected chi connectivity index (χ3v) is 4.92. The van der Waals surface area contributed by atoms with Gasteiger partial charge in [0, 0.05) is 28.2 Å². The van der Waals surface area contributed by atoms with Crippen molar-refractivity contribution in [3.05, 3.63) is 46.1 Å². The number of urea groups is 1. The van der Waals surface area contributed by atoms with Gasteiger partial charge in [-0.3, -0.25) is 4.90 Å². The molecule has 0 bridgehead atoms. The fourth-order valence-electron chi connectivity index (χ4n) is 2.50. The number of carbonyl (C=O) groups excluding carboxylic acids is 1. The van der Waals surface area contributed by atoms with E-state index in [1.54, 1.807) is 16.7 Å². The van der Waals surface area contributed by atoms with Crippen LogP contribution in [0.5, 0.6) is 0 Å². The van der Waals surface area contributed by atoms with Gasteiger partial charge in [-0.25, -0.2) is 9.78 Å². The number of thioether (sulfide) groups is 1. The number of pyridine rings is 1. The summed E-state index contributed by atoms with van der Waals surface area (Å²) in [6.07, 6.45) is 0. The maximum absolute atomic E-state index is 12.6. The lowest BCUT2D eigenvalue weighted by molar-refractivity contribution is 0.257. The first-order valence-electron chi connectivity index (χ1n) is 7.00. The summed E-state index contributed by atoms with van der Waals surface area (Å²) >= 11 is 5.10. The molecule has 0 unspecified atom stereocenters. The van der Waals surface area contributed by atoms with E-state index >= 15 is 0 Å². The van der Waals surface area contributed by atoms with Crippen molar-refractivity contribution in [1.82, 2.24) is 4.98 Å². The monoisotopic (exact) mass is 377 g/mol. The third-order valence-electron chi connectivity index (χ3n) is 3.44. The quantitative estimate of drug-likeness (QED) is 0.789. The molecule has 114 valence electrons. The van der Waals surface area contributed by atoms with E-state index in [9.17, 15) is 4.79 Å². The number of nitrogens with zero attached hydrogens (tertiary/aromatic N) is 2. The second-order valence-electron chi connectivity index (χ2n) is 5.17. The zero-order valence-corrected chi connectivity index (χ0v) is 14.8. The zero-order valence-electron chi connectivity index (χ0n) is 12.4. The molecular weight excluding hydrogens is 362 g/mol. The predicted octanol–water partition coefficient (Wildman–Crippen LogP) is 4.61. The fraction of sp³-hybridized carbons (Fsp3) is 0.250. The first-order valence-corrected chi connectivity index (χ1v) is 8.77. The van der Waals surface area contributed by atoms with E-state index < -0.39 is 0 Å².